The van der Waals surface area contributed by atoms with Crippen LogP contribution in [0.25, 0.3) is 0 Å². The first-order valence-corrected chi connectivity index (χ1v) is 10.9. The van der Waals surface area contributed by atoms with Gasteiger partial charge in [-0.2, -0.15) is 0 Å². The highest BCUT2D eigenvalue weighted by Crippen LogP contribution is 2.36. The molecule has 158 valence electrons. The lowest BCUT2D eigenvalue weighted by molar-refractivity contribution is -0.129. The van der Waals surface area contributed by atoms with Crippen molar-refractivity contribution in [2.75, 3.05) is 33.0 Å². The van der Waals surface area contributed by atoms with Gasteiger partial charge in [0.15, 0.2) is 11.5 Å². The highest BCUT2D eigenvalue weighted by atomic mass is 35.5. The van der Waals surface area contributed by atoms with E-state index in [1.807, 2.05) is 15.9 Å². The summed E-state index contributed by atoms with van der Waals surface area (Å²) < 4.78 is 10.7. The number of likely N-dealkylation sites (tertiary alicyclic amines) is 2. The van der Waals surface area contributed by atoms with Gasteiger partial charge >= 0.3 is 0 Å². The Balaban J connectivity index is 1.20. The van der Waals surface area contributed by atoms with Gasteiger partial charge in [-0.3, -0.25) is 9.59 Å². The van der Waals surface area contributed by atoms with Gasteiger partial charge in [0.2, 0.25) is 18.6 Å². The molecule has 7 nitrogen and oxygen atoms in total. The van der Waals surface area contributed by atoms with Crippen molar-refractivity contribution >= 4 is 23.4 Å². The minimum absolute atomic E-state index is 0.236. The van der Waals surface area contributed by atoms with Crippen molar-refractivity contribution in [3.8, 4) is 11.5 Å². The van der Waals surface area contributed by atoms with E-state index in [2.05, 4.69) is 5.32 Å². The maximum atomic E-state index is 12.3. The third kappa shape index (κ3) is 4.78. The van der Waals surface area contributed by atoms with E-state index in [0.29, 0.717) is 30.2 Å². The number of carbonyl (C=O) groups is 2. The van der Waals surface area contributed by atoms with E-state index in [1.54, 1.807) is 6.07 Å². The normalized spacial score (nSPS) is 20.9. The predicted octanol–water partition coefficient (Wildman–Crippen LogP) is 2.55. The molecule has 4 rings (SSSR count). The number of nitrogens with zero attached hydrogens (tertiary/aromatic N) is 2. The van der Waals surface area contributed by atoms with Gasteiger partial charge in [-0.15, -0.1) is 0 Å². The molecule has 2 fully saturated rings. The lowest BCUT2D eigenvalue weighted by Gasteiger charge is -2.26. The van der Waals surface area contributed by atoms with E-state index in [-0.39, 0.29) is 24.6 Å². The molecule has 29 heavy (non-hydrogen) atoms. The van der Waals surface area contributed by atoms with E-state index >= 15 is 0 Å². The van der Waals surface area contributed by atoms with Crippen LogP contribution in [0.4, 0.5) is 0 Å². The molecule has 0 saturated carbocycles. The molecule has 0 aliphatic carbocycles. The van der Waals surface area contributed by atoms with E-state index in [9.17, 15) is 9.59 Å². The van der Waals surface area contributed by atoms with Crippen molar-refractivity contribution in [1.29, 1.82) is 0 Å². The number of benzene rings is 1. The van der Waals surface area contributed by atoms with E-state index in [4.69, 9.17) is 21.1 Å². The molecule has 1 N–H and O–H groups in total. The van der Waals surface area contributed by atoms with Gasteiger partial charge in [0.25, 0.3) is 0 Å². The molecule has 2 amide bonds. The molecule has 3 heterocycles. The molecule has 1 atom stereocenters. The Morgan fingerprint density at radius 2 is 1.93 bits per heavy atom. The number of carbonyl (C=O) groups excluding carboxylic acids is 2. The zero-order valence-electron chi connectivity index (χ0n) is 16.6. The fourth-order valence-electron chi connectivity index (χ4n) is 4.36. The second kappa shape index (κ2) is 9.22. The van der Waals surface area contributed by atoms with Gasteiger partial charge in [0, 0.05) is 56.2 Å². The number of hydrogen-bond acceptors (Lipinski definition) is 5. The Morgan fingerprint density at radius 3 is 2.72 bits per heavy atom. The summed E-state index contributed by atoms with van der Waals surface area (Å²) in [7, 11) is 0. The van der Waals surface area contributed by atoms with Crippen molar-refractivity contribution in [1.82, 2.24) is 15.1 Å². The molecular weight excluding hydrogens is 394 g/mol. The van der Waals surface area contributed by atoms with Gasteiger partial charge in [-0.05, 0) is 43.9 Å². The average Bonchev–Trinajstić information content (AvgIpc) is 3.41. The van der Waals surface area contributed by atoms with Crippen LogP contribution in [0.3, 0.4) is 0 Å². The molecule has 3 aliphatic heterocycles. The van der Waals surface area contributed by atoms with Crippen LogP contribution in [0, 0.1) is 0 Å². The Labute approximate surface area is 176 Å². The fourth-order valence-corrected chi connectivity index (χ4v) is 4.58. The molecule has 0 radical (unpaired) electrons. The van der Waals surface area contributed by atoms with Gasteiger partial charge in [-0.25, -0.2) is 0 Å². The third-order valence-corrected chi connectivity index (χ3v) is 6.31. The topological polar surface area (TPSA) is 71.1 Å². The summed E-state index contributed by atoms with van der Waals surface area (Å²) in [4.78, 5) is 27.9. The maximum absolute atomic E-state index is 12.3. The number of nitrogens with one attached hydrogen (secondary N) is 1. The number of ether oxygens (including phenoxy) is 2. The van der Waals surface area contributed by atoms with Crippen LogP contribution in [0.1, 0.15) is 44.1 Å². The molecule has 0 spiro atoms. The van der Waals surface area contributed by atoms with Crippen LogP contribution in [-0.2, 0) is 16.1 Å². The number of fused-ring (bicyclic) bond motifs is 1. The SMILES string of the molecule is O=C1CCCN1CCCN1C(=O)CC[C@@H]1CCNCc1cc2c(cc1Cl)OCO2. The van der Waals surface area contributed by atoms with Gasteiger partial charge < -0.3 is 24.6 Å². The van der Waals surface area contributed by atoms with Gasteiger partial charge in [-0.1, -0.05) is 11.6 Å². The minimum Gasteiger partial charge on any atom is -0.454 e. The largest absolute Gasteiger partial charge is 0.454 e. The molecule has 3 aliphatic rings. The van der Waals surface area contributed by atoms with Crippen molar-refractivity contribution in [3.63, 3.8) is 0 Å². The maximum Gasteiger partial charge on any atom is 0.231 e. The van der Waals surface area contributed by atoms with E-state index < -0.39 is 0 Å². The Bertz CT molecular complexity index is 773. The molecule has 1 aromatic rings. The summed E-state index contributed by atoms with van der Waals surface area (Å²) in [5, 5.41) is 4.09. The Hall–Kier alpha value is -1.99. The standard InChI is InChI=1S/C21H28ClN3O4/c22-17-12-19-18(28-14-29-19)11-15(17)13-23-7-6-16-4-5-21(27)25(16)10-2-9-24-8-1-3-20(24)26/h11-12,16,23H,1-10,13-14H2/t16-/m1/s1. The first-order valence-electron chi connectivity index (χ1n) is 10.5. The fraction of sp³-hybridized carbons (Fsp3) is 0.619. The summed E-state index contributed by atoms with van der Waals surface area (Å²) in [6, 6.07) is 3.99. The molecule has 0 bridgehead atoms. The second-order valence-electron chi connectivity index (χ2n) is 7.88. The number of amides is 2. The molecule has 2 saturated heterocycles. The van der Waals surface area contributed by atoms with Crippen molar-refractivity contribution < 1.29 is 19.1 Å². The summed E-state index contributed by atoms with van der Waals surface area (Å²) in [6.45, 7) is 4.05. The highest BCUT2D eigenvalue weighted by molar-refractivity contribution is 6.31. The molecular formula is C21H28ClN3O4. The van der Waals surface area contributed by atoms with E-state index in [0.717, 1.165) is 63.2 Å². The minimum atomic E-state index is 0.236. The second-order valence-corrected chi connectivity index (χ2v) is 8.29. The number of halogens is 1. The summed E-state index contributed by atoms with van der Waals surface area (Å²) in [6.07, 6.45) is 4.94. The van der Waals surface area contributed by atoms with Crippen LogP contribution in [0.2, 0.25) is 5.02 Å². The predicted molar refractivity (Wildman–Crippen MR) is 109 cm³/mol. The molecule has 1 aromatic carbocycles. The lowest BCUT2D eigenvalue weighted by Crippen LogP contribution is -2.37. The zero-order chi connectivity index (χ0) is 20.2. The van der Waals surface area contributed by atoms with Crippen LogP contribution in [0.5, 0.6) is 11.5 Å². The van der Waals surface area contributed by atoms with Crippen LogP contribution >= 0.6 is 11.6 Å². The van der Waals surface area contributed by atoms with Crippen LogP contribution in [-0.4, -0.2) is 60.6 Å². The molecule has 8 heteroatoms. The Morgan fingerprint density at radius 1 is 1.10 bits per heavy atom. The molecule has 0 aromatic heterocycles. The van der Waals surface area contributed by atoms with Crippen LogP contribution in [0.15, 0.2) is 12.1 Å². The van der Waals surface area contributed by atoms with Crippen molar-refractivity contribution in [3.05, 3.63) is 22.7 Å². The monoisotopic (exact) mass is 421 g/mol. The number of hydrogen-bond donors (Lipinski definition) is 1. The van der Waals surface area contributed by atoms with Gasteiger partial charge in [0.1, 0.15) is 0 Å². The summed E-state index contributed by atoms with van der Waals surface area (Å²) in [5.41, 5.74) is 0.977. The Kier molecular flexibility index (Phi) is 6.45. The first-order chi connectivity index (χ1) is 14.1. The summed E-state index contributed by atoms with van der Waals surface area (Å²) >= 11 is 6.32. The highest BCUT2D eigenvalue weighted by Gasteiger charge is 2.30. The van der Waals surface area contributed by atoms with Crippen LogP contribution < -0.4 is 14.8 Å². The lowest BCUT2D eigenvalue weighted by atomic mass is 10.1. The molecule has 0 unspecified atom stereocenters. The first kappa shape index (κ1) is 20.3. The quantitative estimate of drug-likeness (QED) is 0.620. The summed E-state index contributed by atoms with van der Waals surface area (Å²) in [5.74, 6) is 1.91. The average molecular weight is 422 g/mol. The van der Waals surface area contributed by atoms with Gasteiger partial charge in [0.05, 0.1) is 0 Å². The third-order valence-electron chi connectivity index (χ3n) is 5.96. The smallest absolute Gasteiger partial charge is 0.231 e. The van der Waals surface area contributed by atoms with E-state index in [1.165, 1.54) is 0 Å². The number of rotatable bonds is 9. The van der Waals surface area contributed by atoms with Crippen molar-refractivity contribution in [2.24, 2.45) is 0 Å². The van der Waals surface area contributed by atoms with Crippen molar-refractivity contribution in [2.45, 2.75) is 51.1 Å². The zero-order valence-corrected chi connectivity index (χ0v) is 17.4.